The van der Waals surface area contributed by atoms with Crippen LogP contribution in [-0.2, 0) is 22.7 Å². The minimum atomic E-state index is -4.47. The van der Waals surface area contributed by atoms with Crippen LogP contribution in [0.2, 0.25) is 0 Å². The Hall–Kier alpha value is -2.92. The molecule has 1 saturated heterocycles. The van der Waals surface area contributed by atoms with Gasteiger partial charge in [0.2, 0.25) is 21.7 Å². The minimum Gasteiger partial charge on any atom is -0.376 e. The molecule has 2 aromatic carbocycles. The van der Waals surface area contributed by atoms with Gasteiger partial charge in [0.1, 0.15) is 0 Å². The second-order valence-corrected chi connectivity index (χ2v) is 9.37. The van der Waals surface area contributed by atoms with Crippen molar-refractivity contribution in [3.8, 4) is 11.4 Å². The van der Waals surface area contributed by atoms with Gasteiger partial charge in [0.05, 0.1) is 17.0 Å². The molecule has 11 heteroatoms. The van der Waals surface area contributed by atoms with Gasteiger partial charge in [-0.25, -0.2) is 8.42 Å². The highest BCUT2D eigenvalue weighted by Gasteiger charge is 2.31. The van der Waals surface area contributed by atoms with Crippen molar-refractivity contribution in [2.45, 2.75) is 36.9 Å². The lowest BCUT2D eigenvalue weighted by Gasteiger charge is -2.26. The van der Waals surface area contributed by atoms with Gasteiger partial charge in [-0.3, -0.25) is 0 Å². The highest BCUT2D eigenvalue weighted by Crippen LogP contribution is 2.31. The molecule has 0 unspecified atom stereocenters. The fourth-order valence-electron chi connectivity index (χ4n) is 3.48. The third-order valence-corrected chi connectivity index (χ3v) is 7.04. The number of nitrogens with zero attached hydrogens (tertiary/aromatic N) is 3. The maximum atomic E-state index is 12.9. The van der Waals surface area contributed by atoms with E-state index >= 15 is 0 Å². The highest BCUT2D eigenvalue weighted by molar-refractivity contribution is 7.89. The number of anilines is 1. The summed E-state index contributed by atoms with van der Waals surface area (Å²) in [6.45, 7) is 1.11. The van der Waals surface area contributed by atoms with Gasteiger partial charge in [-0.2, -0.15) is 22.5 Å². The molecule has 170 valence electrons. The predicted molar refractivity (Wildman–Crippen MR) is 111 cm³/mol. The summed E-state index contributed by atoms with van der Waals surface area (Å²) in [5.41, 5.74) is -0.0717. The molecule has 0 atom stereocenters. The monoisotopic (exact) mass is 466 g/mol. The second kappa shape index (κ2) is 8.91. The smallest absolute Gasteiger partial charge is 0.376 e. The van der Waals surface area contributed by atoms with Gasteiger partial charge < -0.3 is 9.84 Å². The van der Waals surface area contributed by atoms with Crippen LogP contribution in [0.4, 0.5) is 18.9 Å². The molecular formula is C21H21F3N4O3S. The molecule has 0 radical (unpaired) electrons. The molecule has 0 amide bonds. The molecule has 7 nitrogen and oxygen atoms in total. The largest absolute Gasteiger partial charge is 0.416 e. The van der Waals surface area contributed by atoms with E-state index in [1.165, 1.54) is 22.5 Å². The van der Waals surface area contributed by atoms with Gasteiger partial charge >= 0.3 is 6.18 Å². The zero-order valence-electron chi connectivity index (χ0n) is 17.0. The number of aromatic nitrogens is 2. The minimum absolute atomic E-state index is 0.0364. The lowest BCUT2D eigenvalue weighted by Crippen LogP contribution is -2.35. The molecule has 0 saturated carbocycles. The topological polar surface area (TPSA) is 88.3 Å². The van der Waals surface area contributed by atoms with E-state index in [2.05, 4.69) is 15.5 Å². The Kier molecular flexibility index (Phi) is 6.20. The predicted octanol–water partition coefficient (Wildman–Crippen LogP) is 4.54. The lowest BCUT2D eigenvalue weighted by molar-refractivity contribution is -0.137. The molecule has 1 aliphatic heterocycles. The Morgan fingerprint density at radius 1 is 1.03 bits per heavy atom. The number of hydrogen-bond acceptors (Lipinski definition) is 6. The Labute approximate surface area is 183 Å². The maximum Gasteiger partial charge on any atom is 0.416 e. The van der Waals surface area contributed by atoms with Crippen molar-refractivity contribution in [1.82, 2.24) is 14.4 Å². The summed E-state index contributed by atoms with van der Waals surface area (Å²) in [6.07, 6.45) is -1.74. The summed E-state index contributed by atoms with van der Waals surface area (Å²) in [6, 6.07) is 11.1. The highest BCUT2D eigenvalue weighted by atomic mass is 32.2. The molecule has 1 aromatic heterocycles. The van der Waals surface area contributed by atoms with E-state index < -0.39 is 21.8 Å². The van der Waals surface area contributed by atoms with E-state index in [-0.39, 0.29) is 28.7 Å². The maximum absolute atomic E-state index is 12.9. The molecule has 0 aliphatic carbocycles. The summed E-state index contributed by atoms with van der Waals surface area (Å²) >= 11 is 0. The Balaban J connectivity index is 1.45. The number of nitrogens with one attached hydrogen (secondary N) is 1. The van der Waals surface area contributed by atoms with Gasteiger partial charge in [-0.15, -0.1) is 0 Å². The van der Waals surface area contributed by atoms with Crippen LogP contribution >= 0.6 is 0 Å². The Morgan fingerprint density at radius 2 is 1.78 bits per heavy atom. The van der Waals surface area contributed by atoms with Gasteiger partial charge in [0.25, 0.3) is 0 Å². The van der Waals surface area contributed by atoms with Crippen LogP contribution in [0.3, 0.4) is 0 Å². The zero-order chi connectivity index (χ0) is 22.8. The first-order valence-electron chi connectivity index (χ1n) is 10.1. The molecule has 3 aromatic rings. The first-order valence-corrected chi connectivity index (χ1v) is 11.5. The van der Waals surface area contributed by atoms with Gasteiger partial charge in [0, 0.05) is 24.3 Å². The molecule has 1 fully saturated rings. The summed E-state index contributed by atoms with van der Waals surface area (Å²) in [7, 11) is -3.57. The number of benzene rings is 2. The fraction of sp³-hybridized carbons (Fsp3) is 0.333. The van der Waals surface area contributed by atoms with Crippen LogP contribution in [0.15, 0.2) is 57.9 Å². The van der Waals surface area contributed by atoms with Gasteiger partial charge in [-0.1, -0.05) is 29.8 Å². The van der Waals surface area contributed by atoms with Crippen molar-refractivity contribution in [3.63, 3.8) is 0 Å². The normalized spacial score (nSPS) is 15.6. The van der Waals surface area contributed by atoms with Crippen LogP contribution in [-0.4, -0.2) is 36.0 Å². The Bertz CT molecular complexity index is 1190. The van der Waals surface area contributed by atoms with Crippen LogP contribution in [0.5, 0.6) is 0 Å². The van der Waals surface area contributed by atoms with Crippen molar-refractivity contribution in [2.75, 3.05) is 18.4 Å². The summed E-state index contributed by atoms with van der Waals surface area (Å²) in [5.74, 6) is 0.191. The first-order chi connectivity index (χ1) is 15.2. The molecule has 0 bridgehead atoms. The molecule has 32 heavy (non-hydrogen) atoms. The van der Waals surface area contributed by atoms with Crippen molar-refractivity contribution < 1.29 is 26.1 Å². The average Bonchev–Trinajstić information content (AvgIpc) is 3.27. The Morgan fingerprint density at radius 3 is 2.53 bits per heavy atom. The molecule has 0 spiro atoms. The number of halogens is 3. The molecular weight excluding hydrogens is 445 g/mol. The number of piperidine rings is 1. The number of sulfonamides is 1. The second-order valence-electron chi connectivity index (χ2n) is 7.44. The van der Waals surface area contributed by atoms with Crippen LogP contribution in [0.25, 0.3) is 11.4 Å². The summed E-state index contributed by atoms with van der Waals surface area (Å²) < 4.78 is 71.1. The lowest BCUT2D eigenvalue weighted by atomic mass is 10.1. The molecule has 4 rings (SSSR count). The van der Waals surface area contributed by atoms with Crippen molar-refractivity contribution >= 4 is 15.7 Å². The first kappa shape index (κ1) is 22.3. The van der Waals surface area contributed by atoms with Gasteiger partial charge in [-0.05, 0) is 43.2 Å². The molecule has 1 aliphatic rings. The van der Waals surface area contributed by atoms with Crippen LogP contribution < -0.4 is 5.32 Å². The standard InChI is InChI=1S/C21H21F3N4O3S/c22-21(23,24)16-7-4-6-15(12-16)20-26-19(31-27-20)14-25-17-8-5-9-18(13-17)32(29,30)28-10-2-1-3-11-28/h4-9,12-13,25H,1-3,10-11,14H2. The van der Waals surface area contributed by atoms with E-state index in [0.29, 0.717) is 18.8 Å². The fourth-order valence-corrected chi connectivity index (χ4v) is 5.04. The van der Waals surface area contributed by atoms with E-state index in [4.69, 9.17) is 4.52 Å². The third kappa shape index (κ3) is 4.94. The number of alkyl halides is 3. The van der Waals surface area contributed by atoms with Crippen molar-refractivity contribution in [1.29, 1.82) is 0 Å². The summed E-state index contributed by atoms with van der Waals surface area (Å²) in [4.78, 5) is 4.32. The SMILES string of the molecule is O=S(=O)(c1cccc(NCc2nc(-c3cccc(C(F)(F)F)c3)no2)c1)N1CCCCC1. The molecule has 1 N–H and O–H groups in total. The van der Waals surface area contributed by atoms with Crippen LogP contribution in [0, 0.1) is 0 Å². The third-order valence-electron chi connectivity index (χ3n) is 5.15. The summed E-state index contributed by atoms with van der Waals surface area (Å²) in [5, 5.41) is 6.76. The van der Waals surface area contributed by atoms with Crippen molar-refractivity contribution in [3.05, 3.63) is 60.0 Å². The number of hydrogen-bond donors (Lipinski definition) is 1. The quantitative estimate of drug-likeness (QED) is 0.574. The van der Waals surface area contributed by atoms with E-state index in [1.54, 1.807) is 18.2 Å². The van der Waals surface area contributed by atoms with Crippen molar-refractivity contribution in [2.24, 2.45) is 0 Å². The van der Waals surface area contributed by atoms with Crippen LogP contribution in [0.1, 0.15) is 30.7 Å². The van der Waals surface area contributed by atoms with E-state index in [9.17, 15) is 21.6 Å². The zero-order valence-corrected chi connectivity index (χ0v) is 17.8. The van der Waals surface area contributed by atoms with E-state index in [1.807, 2.05) is 0 Å². The molecule has 2 heterocycles. The number of rotatable bonds is 6. The van der Waals surface area contributed by atoms with Gasteiger partial charge in [0.15, 0.2) is 0 Å². The average molecular weight is 466 g/mol. The van der Waals surface area contributed by atoms with E-state index in [0.717, 1.165) is 31.4 Å².